The highest BCUT2D eigenvalue weighted by molar-refractivity contribution is 5.75. The number of likely N-dealkylation sites (tertiary alicyclic amines) is 1. The number of amides is 2. The standard InChI is InChI=1S/C19H25N3O4/c1-12-16(13(2)26-21-12)11-20-19(23)22-9-5-6-17(22)15-8-7-14(24-3)10-18(15)25-4/h7-8,10,17H,5-6,9,11H2,1-4H3,(H,20,23). The lowest BCUT2D eigenvalue weighted by Crippen LogP contribution is -2.39. The molecule has 2 amide bonds. The van der Waals surface area contributed by atoms with Gasteiger partial charge < -0.3 is 24.2 Å². The normalized spacial score (nSPS) is 16.6. The van der Waals surface area contributed by atoms with Crippen molar-refractivity contribution in [1.82, 2.24) is 15.4 Å². The molecule has 0 bridgehead atoms. The number of carbonyl (C=O) groups excluding carboxylic acids is 1. The molecule has 1 aliphatic heterocycles. The maximum Gasteiger partial charge on any atom is 0.318 e. The molecule has 0 radical (unpaired) electrons. The van der Waals surface area contributed by atoms with E-state index in [2.05, 4.69) is 10.5 Å². The summed E-state index contributed by atoms with van der Waals surface area (Å²) >= 11 is 0. The number of carbonyl (C=O) groups is 1. The number of ether oxygens (including phenoxy) is 2. The number of hydrogen-bond donors (Lipinski definition) is 1. The summed E-state index contributed by atoms with van der Waals surface area (Å²) in [6.45, 7) is 4.84. The second kappa shape index (κ2) is 7.68. The molecule has 140 valence electrons. The molecule has 1 unspecified atom stereocenters. The number of benzene rings is 1. The highest BCUT2D eigenvalue weighted by atomic mass is 16.5. The fourth-order valence-electron chi connectivity index (χ4n) is 3.45. The third-order valence-corrected chi connectivity index (χ3v) is 4.91. The van der Waals surface area contributed by atoms with E-state index in [1.165, 1.54) is 0 Å². The van der Waals surface area contributed by atoms with Gasteiger partial charge in [-0.1, -0.05) is 5.16 Å². The molecular formula is C19H25N3O4. The number of urea groups is 1. The first-order chi connectivity index (χ1) is 12.5. The Balaban J connectivity index is 1.74. The van der Waals surface area contributed by atoms with Crippen LogP contribution >= 0.6 is 0 Å². The van der Waals surface area contributed by atoms with Gasteiger partial charge in [-0.15, -0.1) is 0 Å². The lowest BCUT2D eigenvalue weighted by Gasteiger charge is -2.26. The van der Waals surface area contributed by atoms with Crippen molar-refractivity contribution in [3.63, 3.8) is 0 Å². The van der Waals surface area contributed by atoms with Gasteiger partial charge in [-0.25, -0.2) is 4.79 Å². The Hall–Kier alpha value is -2.70. The summed E-state index contributed by atoms with van der Waals surface area (Å²) in [5, 5.41) is 6.91. The predicted molar refractivity (Wildman–Crippen MR) is 96.4 cm³/mol. The highest BCUT2D eigenvalue weighted by Gasteiger charge is 2.32. The van der Waals surface area contributed by atoms with Gasteiger partial charge in [0.15, 0.2) is 0 Å². The molecule has 2 aromatic rings. The van der Waals surface area contributed by atoms with Crippen LogP contribution in [0.5, 0.6) is 11.5 Å². The second-order valence-corrected chi connectivity index (χ2v) is 6.42. The van der Waals surface area contributed by atoms with Crippen molar-refractivity contribution >= 4 is 6.03 Å². The minimum atomic E-state index is -0.0922. The molecule has 0 spiro atoms. The van der Waals surface area contributed by atoms with E-state index in [0.29, 0.717) is 13.1 Å². The smallest absolute Gasteiger partial charge is 0.318 e. The third-order valence-electron chi connectivity index (χ3n) is 4.91. The van der Waals surface area contributed by atoms with E-state index in [0.717, 1.165) is 46.9 Å². The van der Waals surface area contributed by atoms with E-state index in [1.807, 2.05) is 36.9 Å². The molecule has 1 N–H and O–H groups in total. The fraction of sp³-hybridized carbons (Fsp3) is 0.474. The van der Waals surface area contributed by atoms with Crippen LogP contribution in [0.4, 0.5) is 4.79 Å². The Labute approximate surface area is 153 Å². The van der Waals surface area contributed by atoms with Gasteiger partial charge in [0.2, 0.25) is 0 Å². The summed E-state index contributed by atoms with van der Waals surface area (Å²) in [4.78, 5) is 14.6. The molecule has 0 aliphatic carbocycles. The predicted octanol–water partition coefficient (Wildman–Crippen LogP) is 3.36. The van der Waals surface area contributed by atoms with Gasteiger partial charge in [0, 0.05) is 30.3 Å². The molecule has 3 rings (SSSR count). The topological polar surface area (TPSA) is 76.8 Å². The van der Waals surface area contributed by atoms with E-state index < -0.39 is 0 Å². The van der Waals surface area contributed by atoms with Crippen LogP contribution in [-0.4, -0.2) is 36.9 Å². The molecule has 1 saturated heterocycles. The van der Waals surface area contributed by atoms with Crippen LogP contribution in [0.2, 0.25) is 0 Å². The van der Waals surface area contributed by atoms with Crippen LogP contribution in [0.15, 0.2) is 22.7 Å². The zero-order valence-corrected chi connectivity index (χ0v) is 15.7. The van der Waals surface area contributed by atoms with Gasteiger partial charge in [-0.3, -0.25) is 0 Å². The Morgan fingerprint density at radius 2 is 2.15 bits per heavy atom. The molecule has 1 aromatic carbocycles. The van der Waals surface area contributed by atoms with Gasteiger partial charge >= 0.3 is 6.03 Å². The fourth-order valence-corrected chi connectivity index (χ4v) is 3.45. The van der Waals surface area contributed by atoms with Crippen molar-refractivity contribution in [2.45, 2.75) is 39.3 Å². The van der Waals surface area contributed by atoms with Gasteiger partial charge in [0.1, 0.15) is 17.3 Å². The Morgan fingerprint density at radius 1 is 1.35 bits per heavy atom. The maximum atomic E-state index is 12.8. The molecule has 7 nitrogen and oxygen atoms in total. The quantitative estimate of drug-likeness (QED) is 0.886. The lowest BCUT2D eigenvalue weighted by molar-refractivity contribution is 0.191. The first-order valence-corrected chi connectivity index (χ1v) is 8.73. The van der Waals surface area contributed by atoms with Crippen LogP contribution in [0.25, 0.3) is 0 Å². The summed E-state index contributed by atoms with van der Waals surface area (Å²) in [7, 11) is 3.26. The van der Waals surface area contributed by atoms with E-state index in [9.17, 15) is 4.79 Å². The largest absolute Gasteiger partial charge is 0.497 e. The average Bonchev–Trinajstić information content (AvgIpc) is 3.26. The number of rotatable bonds is 5. The number of methoxy groups -OCH3 is 2. The number of aromatic nitrogens is 1. The number of nitrogens with one attached hydrogen (secondary N) is 1. The summed E-state index contributed by atoms with van der Waals surface area (Å²) in [5.41, 5.74) is 2.73. The molecule has 26 heavy (non-hydrogen) atoms. The van der Waals surface area contributed by atoms with Crippen molar-refractivity contribution in [3.8, 4) is 11.5 Å². The van der Waals surface area contributed by atoms with Crippen molar-refractivity contribution < 1.29 is 18.8 Å². The molecule has 7 heteroatoms. The first-order valence-electron chi connectivity index (χ1n) is 8.73. The molecule has 1 aromatic heterocycles. The molecule has 1 aliphatic rings. The second-order valence-electron chi connectivity index (χ2n) is 6.42. The summed E-state index contributed by atoms with van der Waals surface area (Å²) in [5.74, 6) is 2.20. The number of hydrogen-bond acceptors (Lipinski definition) is 5. The van der Waals surface area contributed by atoms with E-state index >= 15 is 0 Å². The van der Waals surface area contributed by atoms with E-state index in [-0.39, 0.29) is 12.1 Å². The van der Waals surface area contributed by atoms with Crippen LogP contribution in [0, 0.1) is 13.8 Å². The number of nitrogens with zero attached hydrogens (tertiary/aromatic N) is 2. The van der Waals surface area contributed by atoms with Crippen LogP contribution in [0.3, 0.4) is 0 Å². The van der Waals surface area contributed by atoms with Gasteiger partial charge in [0.05, 0.1) is 26.0 Å². The Kier molecular flexibility index (Phi) is 5.35. The van der Waals surface area contributed by atoms with Crippen LogP contribution in [-0.2, 0) is 6.54 Å². The average molecular weight is 359 g/mol. The third kappa shape index (κ3) is 3.47. The van der Waals surface area contributed by atoms with Crippen molar-refractivity contribution in [1.29, 1.82) is 0 Å². The molecule has 0 saturated carbocycles. The van der Waals surface area contributed by atoms with Crippen LogP contribution < -0.4 is 14.8 Å². The first kappa shape index (κ1) is 18.1. The van der Waals surface area contributed by atoms with Gasteiger partial charge in [-0.2, -0.15) is 0 Å². The highest BCUT2D eigenvalue weighted by Crippen LogP contribution is 2.38. The Morgan fingerprint density at radius 3 is 2.81 bits per heavy atom. The monoisotopic (exact) mass is 359 g/mol. The maximum absolute atomic E-state index is 12.8. The van der Waals surface area contributed by atoms with Gasteiger partial charge in [-0.05, 0) is 38.8 Å². The zero-order chi connectivity index (χ0) is 18.7. The van der Waals surface area contributed by atoms with Crippen molar-refractivity contribution in [2.24, 2.45) is 0 Å². The van der Waals surface area contributed by atoms with E-state index in [1.54, 1.807) is 14.2 Å². The minimum Gasteiger partial charge on any atom is -0.497 e. The SMILES string of the molecule is COc1ccc(C2CCCN2C(=O)NCc2c(C)noc2C)c(OC)c1. The summed E-state index contributed by atoms with van der Waals surface area (Å²) in [6, 6.07) is 5.62. The molecule has 2 heterocycles. The molecule has 1 atom stereocenters. The minimum absolute atomic E-state index is 0.0134. The molecule has 1 fully saturated rings. The zero-order valence-electron chi connectivity index (χ0n) is 15.7. The summed E-state index contributed by atoms with van der Waals surface area (Å²) < 4.78 is 15.9. The van der Waals surface area contributed by atoms with Gasteiger partial charge in [0.25, 0.3) is 0 Å². The van der Waals surface area contributed by atoms with Crippen molar-refractivity contribution in [2.75, 3.05) is 20.8 Å². The summed E-state index contributed by atoms with van der Waals surface area (Å²) in [6.07, 6.45) is 1.86. The lowest BCUT2D eigenvalue weighted by atomic mass is 10.0. The molecular weight excluding hydrogens is 334 g/mol. The number of aryl methyl sites for hydroxylation is 2. The van der Waals surface area contributed by atoms with Crippen molar-refractivity contribution in [3.05, 3.63) is 40.8 Å². The van der Waals surface area contributed by atoms with E-state index in [4.69, 9.17) is 14.0 Å². The van der Waals surface area contributed by atoms with Crippen LogP contribution in [0.1, 0.15) is 41.5 Å². The Bertz CT molecular complexity index is 768.